The average molecular weight is 294 g/mol. The smallest absolute Gasteiger partial charge is 0.233 e. The number of carbonyl (C=O) groups is 1. The van der Waals surface area contributed by atoms with Crippen molar-refractivity contribution in [2.45, 2.75) is 25.2 Å². The molecule has 4 heteroatoms. The number of halogens is 1. The summed E-state index contributed by atoms with van der Waals surface area (Å²) in [6, 6.07) is 7.86. The number of alkyl halides is 1. The number of ether oxygens (including phenoxy) is 1. The number of likely N-dealkylation sites (tertiary alicyclic amines) is 1. The summed E-state index contributed by atoms with van der Waals surface area (Å²) in [6.45, 7) is 2.20. The van der Waals surface area contributed by atoms with Gasteiger partial charge in [-0.2, -0.15) is 0 Å². The van der Waals surface area contributed by atoms with E-state index in [1.54, 1.807) is 0 Å². The van der Waals surface area contributed by atoms with Gasteiger partial charge < -0.3 is 9.64 Å². The van der Waals surface area contributed by atoms with Crippen LogP contribution in [0.5, 0.6) is 5.75 Å². The van der Waals surface area contributed by atoms with Crippen LogP contribution in [0.4, 0.5) is 0 Å². The van der Waals surface area contributed by atoms with Crippen molar-refractivity contribution in [3.05, 3.63) is 29.8 Å². The molecule has 0 aromatic heterocycles. The van der Waals surface area contributed by atoms with E-state index in [2.05, 4.69) is 0 Å². The van der Waals surface area contributed by atoms with Crippen LogP contribution in [0.15, 0.2) is 24.3 Å². The molecule has 108 valence electrons. The van der Waals surface area contributed by atoms with Gasteiger partial charge in [0.1, 0.15) is 18.3 Å². The lowest BCUT2D eigenvalue weighted by Gasteiger charge is -2.34. The highest BCUT2D eigenvalue weighted by Gasteiger charge is 2.34. The average Bonchev–Trinajstić information content (AvgIpc) is 2.91. The molecule has 1 fully saturated rings. The second-order valence-corrected chi connectivity index (χ2v) is 6.05. The van der Waals surface area contributed by atoms with Crippen molar-refractivity contribution in [3.63, 3.8) is 0 Å². The Balaban J connectivity index is 1.70. The van der Waals surface area contributed by atoms with Crippen LogP contribution in [0.1, 0.15) is 30.7 Å². The standard InChI is InChI=1S/C16H20ClNO2/c17-8-7-12-4-3-9-18(10-12)16(19)14-11-20-15-6-2-1-5-13(14)15/h1-2,5-6,12,14H,3-4,7-11H2. The molecule has 1 aromatic rings. The van der Waals surface area contributed by atoms with E-state index < -0.39 is 0 Å². The summed E-state index contributed by atoms with van der Waals surface area (Å²) in [5.41, 5.74) is 1.04. The lowest BCUT2D eigenvalue weighted by Crippen LogP contribution is -2.42. The van der Waals surface area contributed by atoms with E-state index in [9.17, 15) is 4.79 Å². The molecule has 3 rings (SSSR count). The SMILES string of the molecule is O=C(C1COc2ccccc21)N1CCCC(CCCl)C1. The Morgan fingerprint density at radius 3 is 3.10 bits per heavy atom. The summed E-state index contributed by atoms with van der Waals surface area (Å²) in [7, 11) is 0. The molecule has 0 saturated carbocycles. The first-order chi connectivity index (χ1) is 9.79. The quantitative estimate of drug-likeness (QED) is 0.802. The highest BCUT2D eigenvalue weighted by Crippen LogP contribution is 2.35. The number of carbonyl (C=O) groups excluding carboxylic acids is 1. The maximum absolute atomic E-state index is 12.7. The Morgan fingerprint density at radius 1 is 1.40 bits per heavy atom. The molecule has 3 nitrogen and oxygen atoms in total. The molecular weight excluding hydrogens is 274 g/mol. The fourth-order valence-corrected chi connectivity index (χ4v) is 3.55. The lowest BCUT2D eigenvalue weighted by atomic mass is 9.93. The Morgan fingerprint density at radius 2 is 2.25 bits per heavy atom. The molecular formula is C16H20ClNO2. The molecule has 1 aromatic carbocycles. The van der Waals surface area contributed by atoms with Gasteiger partial charge in [-0.1, -0.05) is 18.2 Å². The summed E-state index contributed by atoms with van der Waals surface area (Å²) in [5, 5.41) is 0. The topological polar surface area (TPSA) is 29.5 Å². The molecule has 2 aliphatic rings. The second kappa shape index (κ2) is 6.04. The van der Waals surface area contributed by atoms with Crippen LogP contribution in [-0.2, 0) is 4.79 Å². The zero-order chi connectivity index (χ0) is 13.9. The largest absolute Gasteiger partial charge is 0.492 e. The van der Waals surface area contributed by atoms with E-state index in [1.165, 1.54) is 6.42 Å². The molecule has 0 radical (unpaired) electrons. The zero-order valence-electron chi connectivity index (χ0n) is 11.6. The van der Waals surface area contributed by atoms with Crippen LogP contribution in [-0.4, -0.2) is 36.4 Å². The van der Waals surface area contributed by atoms with Crippen LogP contribution in [0.3, 0.4) is 0 Å². The summed E-state index contributed by atoms with van der Waals surface area (Å²) in [6.07, 6.45) is 3.28. The lowest BCUT2D eigenvalue weighted by molar-refractivity contribution is -0.134. The number of hydrogen-bond donors (Lipinski definition) is 0. The minimum Gasteiger partial charge on any atom is -0.492 e. The first kappa shape index (κ1) is 13.7. The fraction of sp³-hybridized carbons (Fsp3) is 0.562. The van der Waals surface area contributed by atoms with Crippen molar-refractivity contribution in [2.24, 2.45) is 5.92 Å². The van der Waals surface area contributed by atoms with E-state index in [0.717, 1.165) is 37.2 Å². The van der Waals surface area contributed by atoms with Crippen LogP contribution in [0, 0.1) is 5.92 Å². The van der Waals surface area contributed by atoms with Crippen molar-refractivity contribution in [1.29, 1.82) is 0 Å². The number of amides is 1. The Labute approximate surface area is 124 Å². The van der Waals surface area contributed by atoms with Crippen LogP contribution < -0.4 is 4.74 Å². The number of hydrogen-bond acceptors (Lipinski definition) is 2. The van der Waals surface area contributed by atoms with Crippen molar-refractivity contribution in [1.82, 2.24) is 4.90 Å². The number of rotatable bonds is 3. The number of para-hydroxylation sites is 1. The van der Waals surface area contributed by atoms with E-state index in [-0.39, 0.29) is 11.8 Å². The molecule has 2 heterocycles. The summed E-state index contributed by atoms with van der Waals surface area (Å²) in [5.74, 6) is 2.19. The summed E-state index contributed by atoms with van der Waals surface area (Å²) >= 11 is 5.83. The third kappa shape index (κ3) is 2.64. The summed E-state index contributed by atoms with van der Waals surface area (Å²) < 4.78 is 5.63. The van der Waals surface area contributed by atoms with Gasteiger partial charge in [0.25, 0.3) is 0 Å². The molecule has 2 aliphatic heterocycles. The van der Waals surface area contributed by atoms with Gasteiger partial charge >= 0.3 is 0 Å². The van der Waals surface area contributed by atoms with E-state index >= 15 is 0 Å². The summed E-state index contributed by atoms with van der Waals surface area (Å²) in [4.78, 5) is 14.7. The molecule has 1 amide bonds. The van der Waals surface area contributed by atoms with Crippen molar-refractivity contribution < 1.29 is 9.53 Å². The van der Waals surface area contributed by atoms with E-state index in [1.807, 2.05) is 29.2 Å². The first-order valence-electron chi connectivity index (χ1n) is 7.36. The monoisotopic (exact) mass is 293 g/mol. The molecule has 20 heavy (non-hydrogen) atoms. The van der Waals surface area contributed by atoms with Crippen LogP contribution in [0.25, 0.3) is 0 Å². The van der Waals surface area contributed by atoms with Gasteiger partial charge in [-0.05, 0) is 31.2 Å². The molecule has 2 unspecified atom stereocenters. The number of fused-ring (bicyclic) bond motifs is 1. The van der Waals surface area contributed by atoms with Gasteiger partial charge in [0.15, 0.2) is 0 Å². The van der Waals surface area contributed by atoms with Crippen molar-refractivity contribution in [2.75, 3.05) is 25.6 Å². The van der Waals surface area contributed by atoms with Gasteiger partial charge in [0, 0.05) is 24.5 Å². The van der Waals surface area contributed by atoms with Gasteiger partial charge in [0.05, 0.1) is 0 Å². The van der Waals surface area contributed by atoms with Crippen molar-refractivity contribution >= 4 is 17.5 Å². The first-order valence-corrected chi connectivity index (χ1v) is 7.89. The predicted octanol–water partition coefficient (Wildman–Crippen LogP) is 3.03. The van der Waals surface area contributed by atoms with E-state index in [4.69, 9.17) is 16.3 Å². The maximum atomic E-state index is 12.7. The van der Waals surface area contributed by atoms with Gasteiger partial charge in [-0.3, -0.25) is 4.79 Å². The molecule has 0 spiro atoms. The van der Waals surface area contributed by atoms with E-state index in [0.29, 0.717) is 18.4 Å². The minimum atomic E-state index is -0.124. The second-order valence-electron chi connectivity index (χ2n) is 5.67. The van der Waals surface area contributed by atoms with Gasteiger partial charge in [-0.25, -0.2) is 0 Å². The van der Waals surface area contributed by atoms with Crippen LogP contribution in [0.2, 0.25) is 0 Å². The molecule has 0 N–H and O–H groups in total. The minimum absolute atomic E-state index is 0.124. The number of benzene rings is 1. The Kier molecular flexibility index (Phi) is 4.16. The number of nitrogens with zero attached hydrogens (tertiary/aromatic N) is 1. The third-order valence-corrected chi connectivity index (χ3v) is 4.56. The fourth-order valence-electron chi connectivity index (χ4n) is 3.24. The predicted molar refractivity (Wildman–Crippen MR) is 79.3 cm³/mol. The van der Waals surface area contributed by atoms with Gasteiger partial charge in [-0.15, -0.1) is 11.6 Å². The Hall–Kier alpha value is -1.22. The number of piperidine rings is 1. The van der Waals surface area contributed by atoms with Crippen LogP contribution >= 0.6 is 11.6 Å². The van der Waals surface area contributed by atoms with Crippen molar-refractivity contribution in [3.8, 4) is 5.75 Å². The molecule has 0 bridgehead atoms. The molecule has 0 aliphatic carbocycles. The zero-order valence-corrected chi connectivity index (χ0v) is 12.3. The molecule has 1 saturated heterocycles. The normalized spacial score (nSPS) is 25.1. The highest BCUT2D eigenvalue weighted by atomic mass is 35.5. The highest BCUT2D eigenvalue weighted by molar-refractivity contribution is 6.17. The third-order valence-electron chi connectivity index (χ3n) is 4.35. The maximum Gasteiger partial charge on any atom is 0.233 e. The van der Waals surface area contributed by atoms with Gasteiger partial charge in [0.2, 0.25) is 5.91 Å². The molecule has 2 atom stereocenters. The Bertz CT molecular complexity index is 489.